The van der Waals surface area contributed by atoms with Crippen molar-refractivity contribution in [2.45, 2.75) is 76.4 Å². The van der Waals surface area contributed by atoms with Gasteiger partial charge in [-0.25, -0.2) is 9.52 Å². The van der Waals surface area contributed by atoms with Crippen LogP contribution in [0.1, 0.15) is 72.8 Å². The molecule has 0 aliphatic heterocycles. The van der Waals surface area contributed by atoms with Crippen molar-refractivity contribution in [3.8, 4) is 0 Å². The molecule has 1 aromatic carbocycles. The molecule has 1 aromatic heterocycles. The quantitative estimate of drug-likeness (QED) is 0.641. The van der Waals surface area contributed by atoms with Gasteiger partial charge in [-0.05, 0) is 79.0 Å². The summed E-state index contributed by atoms with van der Waals surface area (Å²) in [5, 5.41) is 13.0. The number of sulfonamides is 1. The van der Waals surface area contributed by atoms with Gasteiger partial charge >= 0.3 is 6.03 Å². The van der Waals surface area contributed by atoms with Crippen molar-refractivity contribution in [3.05, 3.63) is 45.7 Å². The summed E-state index contributed by atoms with van der Waals surface area (Å²) in [4.78, 5) is 12.8. The highest BCUT2D eigenvalue weighted by Crippen LogP contribution is 2.40. The highest BCUT2D eigenvalue weighted by atomic mass is 32.2. The molecule has 5 rings (SSSR count). The van der Waals surface area contributed by atoms with Crippen LogP contribution in [0, 0.1) is 11.8 Å². The maximum absolute atomic E-state index is 12.9. The van der Waals surface area contributed by atoms with Gasteiger partial charge in [-0.2, -0.15) is 8.42 Å². The van der Waals surface area contributed by atoms with E-state index in [4.69, 9.17) is 4.42 Å². The molecule has 0 fully saturated rings. The Kier molecular flexibility index (Phi) is 5.33. The number of aryl methyl sites for hydroxylation is 2. The largest absolute Gasteiger partial charge is 0.447 e. The first-order chi connectivity index (χ1) is 15.2. The number of hydrogen-bond donors (Lipinski definition) is 3. The number of fused-ring (bicyclic) bond motifs is 3. The maximum Gasteiger partial charge on any atom is 0.333 e. The first kappa shape index (κ1) is 21.5. The van der Waals surface area contributed by atoms with Gasteiger partial charge in [0.15, 0.2) is 0 Å². The second-order valence-electron chi connectivity index (χ2n) is 9.70. The van der Waals surface area contributed by atoms with E-state index in [0.717, 1.165) is 55.3 Å². The fraction of sp³-hybridized carbons (Fsp3) is 0.542. The molecule has 2 amide bonds. The molecule has 2 aromatic rings. The Morgan fingerprint density at radius 3 is 2.38 bits per heavy atom. The lowest BCUT2D eigenvalue weighted by molar-refractivity contribution is 0.111. The van der Waals surface area contributed by atoms with Crippen molar-refractivity contribution in [2.75, 3.05) is 5.32 Å². The molecule has 0 saturated carbocycles. The Balaban J connectivity index is 1.37. The molecule has 3 aliphatic carbocycles. The second-order valence-corrected chi connectivity index (χ2v) is 11.3. The van der Waals surface area contributed by atoms with Gasteiger partial charge in [0.2, 0.25) is 5.09 Å². The lowest BCUT2D eigenvalue weighted by Crippen LogP contribution is -2.34. The standard InChI is InChI=1S/C24H30N2O5S/c1-13(2)16-10-20(27)19-12-22(31-21(19)11-16)32(29,30)26-24(28)25-23-17-7-3-5-14(17)9-15-6-4-8-18(15)23/h9,12-13,16,20,27H,3-8,10-11H2,1-2H3,(H2,25,26,28). The topological polar surface area (TPSA) is 109 Å². The summed E-state index contributed by atoms with van der Waals surface area (Å²) in [7, 11) is -4.20. The number of carbonyl (C=O) groups is 1. The summed E-state index contributed by atoms with van der Waals surface area (Å²) in [5.74, 6) is 1.06. The third-order valence-electron chi connectivity index (χ3n) is 7.30. The monoisotopic (exact) mass is 458 g/mol. The predicted molar refractivity (Wildman–Crippen MR) is 120 cm³/mol. The Morgan fingerprint density at radius 1 is 1.09 bits per heavy atom. The van der Waals surface area contributed by atoms with Crippen LogP contribution >= 0.6 is 0 Å². The first-order valence-electron chi connectivity index (χ1n) is 11.5. The van der Waals surface area contributed by atoms with E-state index in [1.807, 2.05) is 0 Å². The number of carbonyl (C=O) groups excluding carboxylic acids is 1. The molecule has 0 bridgehead atoms. The summed E-state index contributed by atoms with van der Waals surface area (Å²) in [6, 6.07) is 2.83. The van der Waals surface area contributed by atoms with E-state index in [1.54, 1.807) is 0 Å². The van der Waals surface area contributed by atoms with Crippen molar-refractivity contribution in [1.29, 1.82) is 0 Å². The van der Waals surface area contributed by atoms with E-state index in [-0.39, 0.29) is 11.0 Å². The van der Waals surface area contributed by atoms with Crippen molar-refractivity contribution in [1.82, 2.24) is 4.72 Å². The molecule has 1 heterocycles. The van der Waals surface area contributed by atoms with Gasteiger partial charge in [0.25, 0.3) is 10.0 Å². The Hall–Kier alpha value is -2.32. The summed E-state index contributed by atoms with van der Waals surface area (Å²) in [6.45, 7) is 4.15. The average Bonchev–Trinajstić information content (AvgIpc) is 3.46. The third kappa shape index (κ3) is 3.73. The maximum atomic E-state index is 12.9. The highest BCUT2D eigenvalue weighted by Gasteiger charge is 2.34. The van der Waals surface area contributed by atoms with Crippen LogP contribution in [0.3, 0.4) is 0 Å². The van der Waals surface area contributed by atoms with Gasteiger partial charge in [-0.3, -0.25) is 0 Å². The van der Waals surface area contributed by atoms with Gasteiger partial charge in [-0.15, -0.1) is 0 Å². The van der Waals surface area contributed by atoms with Crippen molar-refractivity contribution in [2.24, 2.45) is 11.8 Å². The van der Waals surface area contributed by atoms with Gasteiger partial charge in [0.05, 0.1) is 6.10 Å². The summed E-state index contributed by atoms with van der Waals surface area (Å²) >= 11 is 0. The van der Waals surface area contributed by atoms with Crippen LogP contribution in [0.2, 0.25) is 0 Å². The average molecular weight is 459 g/mol. The molecule has 2 unspecified atom stereocenters. The molecular formula is C24H30N2O5S. The van der Waals surface area contributed by atoms with E-state index in [0.29, 0.717) is 30.1 Å². The molecule has 8 heteroatoms. The number of aliphatic hydroxyl groups excluding tert-OH is 1. The first-order valence-corrected chi connectivity index (χ1v) is 13.0. The van der Waals surface area contributed by atoms with Crippen LogP contribution in [0.4, 0.5) is 10.5 Å². The minimum Gasteiger partial charge on any atom is -0.447 e. The normalized spacial score (nSPS) is 21.9. The summed E-state index contributed by atoms with van der Waals surface area (Å²) in [6.07, 6.45) is 6.26. The minimum absolute atomic E-state index is 0.220. The van der Waals surface area contributed by atoms with Crippen molar-refractivity contribution < 1.29 is 22.7 Å². The smallest absolute Gasteiger partial charge is 0.333 e. The predicted octanol–water partition coefficient (Wildman–Crippen LogP) is 4.02. The molecule has 0 radical (unpaired) electrons. The van der Waals surface area contributed by atoms with Crippen LogP contribution < -0.4 is 10.0 Å². The second kappa shape index (κ2) is 7.92. The summed E-state index contributed by atoms with van der Waals surface area (Å²) in [5.41, 5.74) is 6.08. The SMILES string of the molecule is CC(C)C1Cc2oc(S(=O)(=O)NC(=O)Nc3c4c(cc5c3CCC5)CCC4)cc2C(O)C1. The van der Waals surface area contributed by atoms with Gasteiger partial charge in [0, 0.05) is 23.7 Å². The number of rotatable bonds is 4. The zero-order valence-corrected chi connectivity index (χ0v) is 19.3. The van der Waals surface area contributed by atoms with E-state index < -0.39 is 22.2 Å². The number of anilines is 1. The lowest BCUT2D eigenvalue weighted by atomic mass is 9.80. The number of aliphatic hydroxyl groups is 1. The molecule has 3 N–H and O–H groups in total. The fourth-order valence-corrected chi connectivity index (χ4v) is 6.40. The van der Waals surface area contributed by atoms with E-state index in [2.05, 4.69) is 30.0 Å². The van der Waals surface area contributed by atoms with Crippen LogP contribution in [0.25, 0.3) is 0 Å². The lowest BCUT2D eigenvalue weighted by Gasteiger charge is -2.27. The third-order valence-corrected chi connectivity index (χ3v) is 8.48. The van der Waals surface area contributed by atoms with Crippen molar-refractivity contribution in [3.63, 3.8) is 0 Å². The van der Waals surface area contributed by atoms with Crippen LogP contribution in [0.15, 0.2) is 21.6 Å². The van der Waals surface area contributed by atoms with Gasteiger partial charge in [-0.1, -0.05) is 19.9 Å². The zero-order chi connectivity index (χ0) is 22.6. The number of furan rings is 1. The molecular weight excluding hydrogens is 428 g/mol. The Labute approximate surface area is 188 Å². The molecule has 172 valence electrons. The molecule has 7 nitrogen and oxygen atoms in total. The van der Waals surface area contributed by atoms with Crippen LogP contribution in [-0.2, 0) is 42.1 Å². The van der Waals surface area contributed by atoms with Crippen LogP contribution in [0.5, 0.6) is 0 Å². The Bertz CT molecular complexity index is 1150. The molecule has 2 atom stereocenters. The molecule has 0 spiro atoms. The highest BCUT2D eigenvalue weighted by molar-refractivity contribution is 7.89. The zero-order valence-electron chi connectivity index (χ0n) is 18.5. The number of nitrogens with one attached hydrogen (secondary N) is 2. The molecule has 32 heavy (non-hydrogen) atoms. The van der Waals surface area contributed by atoms with Crippen LogP contribution in [-0.4, -0.2) is 19.6 Å². The fourth-order valence-electron chi connectivity index (χ4n) is 5.51. The Morgan fingerprint density at radius 2 is 1.75 bits per heavy atom. The molecule has 3 aliphatic rings. The molecule has 0 saturated heterocycles. The number of amides is 2. The van der Waals surface area contributed by atoms with Crippen molar-refractivity contribution >= 4 is 21.7 Å². The number of hydrogen-bond acceptors (Lipinski definition) is 5. The van der Waals surface area contributed by atoms with Gasteiger partial charge < -0.3 is 14.8 Å². The number of benzene rings is 1. The summed E-state index contributed by atoms with van der Waals surface area (Å²) < 4.78 is 33.5. The van der Waals surface area contributed by atoms with E-state index >= 15 is 0 Å². The number of urea groups is 1. The van der Waals surface area contributed by atoms with Gasteiger partial charge in [0.1, 0.15) is 5.76 Å². The van der Waals surface area contributed by atoms with E-state index in [1.165, 1.54) is 17.2 Å². The minimum atomic E-state index is -4.20. The van der Waals surface area contributed by atoms with E-state index in [9.17, 15) is 18.3 Å².